The molecule has 0 atom stereocenters. The molecule has 0 amide bonds. The molecule has 9 heteroatoms. The molecule has 5 rings (SSSR count). The molecule has 170 valence electrons. The monoisotopic (exact) mass is 508 g/mol. The van der Waals surface area contributed by atoms with Gasteiger partial charge in [0.05, 0.1) is 28.4 Å². The molecule has 0 saturated carbocycles. The number of halogens is 2. The van der Waals surface area contributed by atoms with E-state index in [-0.39, 0.29) is 0 Å². The Balaban J connectivity index is 1.39. The smallest absolute Gasteiger partial charge is 0.163 e. The van der Waals surface area contributed by atoms with Crippen LogP contribution < -0.4 is 14.8 Å². The number of hydrogen-bond acceptors (Lipinski definition) is 7. The topological polar surface area (TPSA) is 69.2 Å². The van der Waals surface area contributed by atoms with Gasteiger partial charge in [0, 0.05) is 28.1 Å². The van der Waals surface area contributed by atoms with E-state index in [2.05, 4.69) is 20.3 Å². The standard InChI is InChI=1S/C25H18Cl2N4O2S/c1-32-22-10-18-21(28-14-29-24(18)30-16-7-8-19(26)20(27)9-16)11-23(22)33-12-17-13-34-25(31-17)15-5-3-2-4-6-15/h2-11,13-14H,12H2,1H3,(H,28,29,30). The Labute approximate surface area is 210 Å². The van der Waals surface area contributed by atoms with Crippen molar-refractivity contribution in [1.29, 1.82) is 0 Å². The molecular weight excluding hydrogens is 491 g/mol. The second-order valence-electron chi connectivity index (χ2n) is 7.30. The average molecular weight is 509 g/mol. The van der Waals surface area contributed by atoms with Gasteiger partial charge < -0.3 is 14.8 Å². The maximum Gasteiger partial charge on any atom is 0.163 e. The number of nitrogens with zero attached hydrogens (tertiary/aromatic N) is 3. The summed E-state index contributed by atoms with van der Waals surface area (Å²) in [6.45, 7) is 0.310. The van der Waals surface area contributed by atoms with E-state index in [4.69, 9.17) is 32.7 Å². The Kier molecular flexibility index (Phi) is 6.49. The third kappa shape index (κ3) is 4.77. The number of rotatable bonds is 7. The van der Waals surface area contributed by atoms with E-state index in [0.29, 0.717) is 39.5 Å². The molecule has 0 radical (unpaired) electrons. The SMILES string of the molecule is COc1cc2c(Nc3ccc(Cl)c(Cl)c3)ncnc2cc1OCc1csc(-c2ccccc2)n1. The van der Waals surface area contributed by atoms with Gasteiger partial charge in [-0.2, -0.15) is 0 Å². The summed E-state index contributed by atoms with van der Waals surface area (Å²) >= 11 is 13.8. The number of aromatic nitrogens is 3. The van der Waals surface area contributed by atoms with E-state index in [1.165, 1.54) is 6.33 Å². The summed E-state index contributed by atoms with van der Waals surface area (Å²) in [4.78, 5) is 13.5. The Hall–Kier alpha value is -3.39. The number of fused-ring (bicyclic) bond motifs is 1. The van der Waals surface area contributed by atoms with Crippen molar-refractivity contribution in [1.82, 2.24) is 15.0 Å². The summed E-state index contributed by atoms with van der Waals surface area (Å²) in [6.07, 6.45) is 1.49. The fourth-order valence-corrected chi connectivity index (χ4v) is 4.49. The zero-order chi connectivity index (χ0) is 23.5. The van der Waals surface area contributed by atoms with Crippen LogP contribution in [0.1, 0.15) is 5.69 Å². The minimum Gasteiger partial charge on any atom is -0.493 e. The van der Waals surface area contributed by atoms with Crippen molar-refractivity contribution < 1.29 is 9.47 Å². The first kappa shape index (κ1) is 22.4. The third-order valence-electron chi connectivity index (χ3n) is 5.05. The van der Waals surface area contributed by atoms with Gasteiger partial charge >= 0.3 is 0 Å². The first-order valence-corrected chi connectivity index (χ1v) is 11.9. The van der Waals surface area contributed by atoms with Gasteiger partial charge in [0.15, 0.2) is 11.5 Å². The Bertz CT molecular complexity index is 1460. The van der Waals surface area contributed by atoms with Crippen molar-refractivity contribution in [2.75, 3.05) is 12.4 Å². The molecule has 0 fully saturated rings. The van der Waals surface area contributed by atoms with E-state index in [0.717, 1.165) is 27.3 Å². The second kappa shape index (κ2) is 9.85. The quantitative estimate of drug-likeness (QED) is 0.247. The number of ether oxygens (including phenoxy) is 2. The van der Waals surface area contributed by atoms with Crippen LogP contribution in [0.4, 0.5) is 11.5 Å². The van der Waals surface area contributed by atoms with Crippen molar-refractivity contribution in [3.63, 3.8) is 0 Å². The molecule has 0 saturated heterocycles. The molecule has 2 heterocycles. The van der Waals surface area contributed by atoms with Gasteiger partial charge in [-0.1, -0.05) is 53.5 Å². The van der Waals surface area contributed by atoms with Crippen LogP contribution in [0.15, 0.2) is 72.4 Å². The molecule has 0 bridgehead atoms. The fraction of sp³-hybridized carbons (Fsp3) is 0.0800. The average Bonchev–Trinajstić information content (AvgIpc) is 3.34. The summed E-state index contributed by atoms with van der Waals surface area (Å²) in [5, 5.41) is 7.93. The van der Waals surface area contributed by atoms with E-state index in [9.17, 15) is 0 Å². The van der Waals surface area contributed by atoms with Crippen LogP contribution in [0.3, 0.4) is 0 Å². The zero-order valence-electron chi connectivity index (χ0n) is 18.0. The molecule has 3 aromatic carbocycles. The molecule has 1 N–H and O–H groups in total. The molecule has 0 spiro atoms. The zero-order valence-corrected chi connectivity index (χ0v) is 20.3. The van der Waals surface area contributed by atoms with E-state index < -0.39 is 0 Å². The molecule has 5 aromatic rings. The van der Waals surface area contributed by atoms with Crippen molar-refractivity contribution in [3.8, 4) is 22.1 Å². The van der Waals surface area contributed by atoms with E-state index in [1.807, 2.05) is 53.9 Å². The molecular formula is C25H18Cl2N4O2S. The van der Waals surface area contributed by atoms with Gasteiger partial charge in [0.25, 0.3) is 0 Å². The molecule has 2 aromatic heterocycles. The lowest BCUT2D eigenvalue weighted by atomic mass is 10.2. The van der Waals surface area contributed by atoms with Crippen LogP contribution in [-0.4, -0.2) is 22.1 Å². The lowest BCUT2D eigenvalue weighted by Gasteiger charge is -2.13. The Morgan fingerprint density at radius 3 is 2.59 bits per heavy atom. The van der Waals surface area contributed by atoms with Crippen LogP contribution in [-0.2, 0) is 6.61 Å². The minimum atomic E-state index is 0.310. The number of methoxy groups -OCH3 is 1. The summed E-state index contributed by atoms with van der Waals surface area (Å²) in [5.41, 5.74) is 3.39. The van der Waals surface area contributed by atoms with E-state index >= 15 is 0 Å². The van der Waals surface area contributed by atoms with Crippen molar-refractivity contribution in [3.05, 3.63) is 88.1 Å². The maximum atomic E-state index is 6.14. The summed E-state index contributed by atoms with van der Waals surface area (Å²) in [7, 11) is 1.60. The Morgan fingerprint density at radius 2 is 1.79 bits per heavy atom. The van der Waals surface area contributed by atoms with Crippen molar-refractivity contribution in [2.45, 2.75) is 6.61 Å². The summed E-state index contributed by atoms with van der Waals surface area (Å²) < 4.78 is 11.7. The highest BCUT2D eigenvalue weighted by Crippen LogP contribution is 2.36. The van der Waals surface area contributed by atoms with Crippen molar-refractivity contribution in [2.24, 2.45) is 0 Å². The number of nitrogens with one attached hydrogen (secondary N) is 1. The molecule has 0 aliphatic heterocycles. The normalized spacial score (nSPS) is 10.9. The summed E-state index contributed by atoms with van der Waals surface area (Å²) in [6, 6.07) is 19.0. The van der Waals surface area contributed by atoms with Gasteiger partial charge in [-0.3, -0.25) is 0 Å². The first-order valence-electron chi connectivity index (χ1n) is 10.3. The number of benzene rings is 3. The molecule has 34 heavy (non-hydrogen) atoms. The second-order valence-corrected chi connectivity index (χ2v) is 8.97. The number of anilines is 2. The lowest BCUT2D eigenvalue weighted by molar-refractivity contribution is 0.282. The predicted octanol–water partition coefficient (Wildman–Crippen LogP) is 7.39. The van der Waals surface area contributed by atoms with Gasteiger partial charge in [0.2, 0.25) is 0 Å². The molecule has 6 nitrogen and oxygen atoms in total. The Morgan fingerprint density at radius 1 is 0.941 bits per heavy atom. The molecule has 0 aliphatic carbocycles. The maximum absolute atomic E-state index is 6.14. The summed E-state index contributed by atoms with van der Waals surface area (Å²) in [5.74, 6) is 1.75. The van der Waals surface area contributed by atoms with E-state index in [1.54, 1.807) is 30.6 Å². The largest absolute Gasteiger partial charge is 0.493 e. The van der Waals surface area contributed by atoms with Crippen LogP contribution >= 0.6 is 34.5 Å². The lowest BCUT2D eigenvalue weighted by Crippen LogP contribution is -2.00. The number of hydrogen-bond donors (Lipinski definition) is 1. The minimum absolute atomic E-state index is 0.310. The highest BCUT2D eigenvalue weighted by atomic mass is 35.5. The number of thiazole rings is 1. The van der Waals surface area contributed by atoms with Crippen LogP contribution in [0.2, 0.25) is 10.0 Å². The van der Waals surface area contributed by atoms with Crippen LogP contribution in [0, 0.1) is 0 Å². The molecule has 0 unspecified atom stereocenters. The van der Waals surface area contributed by atoms with Gasteiger partial charge in [-0.05, 0) is 24.3 Å². The van der Waals surface area contributed by atoms with Gasteiger partial charge in [-0.15, -0.1) is 11.3 Å². The molecule has 0 aliphatic rings. The first-order chi connectivity index (χ1) is 16.6. The van der Waals surface area contributed by atoms with Crippen LogP contribution in [0.5, 0.6) is 11.5 Å². The van der Waals surface area contributed by atoms with Gasteiger partial charge in [-0.25, -0.2) is 15.0 Å². The third-order valence-corrected chi connectivity index (χ3v) is 6.73. The van der Waals surface area contributed by atoms with Gasteiger partial charge in [0.1, 0.15) is 23.8 Å². The van der Waals surface area contributed by atoms with Crippen molar-refractivity contribution >= 4 is 56.9 Å². The highest BCUT2D eigenvalue weighted by Gasteiger charge is 2.13. The highest BCUT2D eigenvalue weighted by molar-refractivity contribution is 7.13. The predicted molar refractivity (Wildman–Crippen MR) is 138 cm³/mol. The fourth-order valence-electron chi connectivity index (χ4n) is 3.38. The van der Waals surface area contributed by atoms with Crippen LogP contribution in [0.25, 0.3) is 21.5 Å².